The Bertz CT molecular complexity index is 593. The van der Waals surface area contributed by atoms with Crippen LogP contribution < -0.4 is 4.90 Å². The smallest absolute Gasteiger partial charge is 0.201 e. The molecular weight excluding hydrogens is 324 g/mol. The summed E-state index contributed by atoms with van der Waals surface area (Å²) >= 11 is 3.80. The predicted molar refractivity (Wildman–Crippen MR) is 103 cm³/mol. The molecule has 0 radical (unpaired) electrons. The van der Waals surface area contributed by atoms with Crippen molar-refractivity contribution < 1.29 is 0 Å². The van der Waals surface area contributed by atoms with E-state index in [1.807, 2.05) is 11.8 Å². The number of thioether (sulfide) groups is 2. The van der Waals surface area contributed by atoms with E-state index in [2.05, 4.69) is 71.3 Å². The average Bonchev–Trinajstić information content (AvgIpc) is 2.88. The fourth-order valence-electron chi connectivity index (χ4n) is 2.89. The van der Waals surface area contributed by atoms with Crippen LogP contribution in [-0.4, -0.2) is 41.0 Å². The normalized spacial score (nSPS) is 25.3. The zero-order valence-corrected chi connectivity index (χ0v) is 15.7. The van der Waals surface area contributed by atoms with Gasteiger partial charge in [-0.2, -0.15) is 16.9 Å². The van der Waals surface area contributed by atoms with Crippen LogP contribution in [0.5, 0.6) is 0 Å². The molecule has 23 heavy (non-hydrogen) atoms. The van der Waals surface area contributed by atoms with Gasteiger partial charge in [0, 0.05) is 47.9 Å². The van der Waals surface area contributed by atoms with E-state index in [-0.39, 0.29) is 4.99 Å². The lowest BCUT2D eigenvalue weighted by Crippen LogP contribution is -2.34. The summed E-state index contributed by atoms with van der Waals surface area (Å²) in [5, 5.41) is 9.10. The predicted octanol–water partition coefficient (Wildman–Crippen LogP) is 4.93. The molecule has 3 rings (SSSR count). The fourth-order valence-corrected chi connectivity index (χ4v) is 4.97. The van der Waals surface area contributed by atoms with Crippen molar-refractivity contribution in [3.8, 4) is 0 Å². The van der Waals surface area contributed by atoms with Crippen LogP contribution in [0, 0.1) is 0 Å². The monoisotopic (exact) mass is 348 g/mol. The molecule has 0 aliphatic carbocycles. The minimum absolute atomic E-state index is 0.318. The number of benzene rings is 1. The topological polar surface area (TPSA) is 31.2 Å². The number of azo groups is 1. The van der Waals surface area contributed by atoms with E-state index in [9.17, 15) is 0 Å². The van der Waals surface area contributed by atoms with E-state index in [1.165, 1.54) is 22.1 Å². The van der Waals surface area contributed by atoms with E-state index < -0.39 is 0 Å². The Balaban J connectivity index is 1.68. The van der Waals surface area contributed by atoms with E-state index in [4.69, 9.17) is 0 Å². The van der Waals surface area contributed by atoms with Gasteiger partial charge in [-0.3, -0.25) is 0 Å². The van der Waals surface area contributed by atoms with Crippen LogP contribution in [0.15, 0.2) is 45.6 Å². The van der Waals surface area contributed by atoms with Gasteiger partial charge in [0.15, 0.2) is 0 Å². The zero-order chi connectivity index (χ0) is 16.3. The second-order valence-electron chi connectivity index (χ2n) is 5.88. The minimum Gasteiger partial charge on any atom is -0.370 e. The molecule has 0 saturated carbocycles. The van der Waals surface area contributed by atoms with Crippen molar-refractivity contribution in [1.29, 1.82) is 0 Å². The maximum Gasteiger partial charge on any atom is 0.201 e. The quantitative estimate of drug-likeness (QED) is 0.722. The number of rotatable bonds is 4. The second kappa shape index (κ2) is 7.18. The SMILES string of the molecule is CCN1C=C(C)SC1(C)N=Nc1ccc(N2CCSCC2)cc1. The third-order valence-corrected chi connectivity index (χ3v) is 6.22. The Morgan fingerprint density at radius 2 is 1.87 bits per heavy atom. The fraction of sp³-hybridized carbons (Fsp3) is 0.529. The van der Waals surface area contributed by atoms with Gasteiger partial charge in [0.2, 0.25) is 4.99 Å². The van der Waals surface area contributed by atoms with E-state index in [0.29, 0.717) is 0 Å². The molecule has 1 aromatic rings. The molecule has 0 N–H and O–H groups in total. The van der Waals surface area contributed by atoms with Crippen LogP contribution in [-0.2, 0) is 0 Å². The minimum atomic E-state index is -0.318. The third kappa shape index (κ3) is 3.86. The summed E-state index contributed by atoms with van der Waals surface area (Å²) in [4.78, 5) is 5.64. The summed E-state index contributed by atoms with van der Waals surface area (Å²) in [5.74, 6) is 2.44. The molecule has 1 unspecified atom stereocenters. The lowest BCUT2D eigenvalue weighted by molar-refractivity contribution is 0.281. The Kier molecular flexibility index (Phi) is 5.21. The van der Waals surface area contributed by atoms with Gasteiger partial charge in [-0.25, -0.2) is 0 Å². The molecule has 2 heterocycles. The summed E-state index contributed by atoms with van der Waals surface area (Å²) < 4.78 is 0. The largest absolute Gasteiger partial charge is 0.370 e. The summed E-state index contributed by atoms with van der Waals surface area (Å²) in [7, 11) is 0. The molecule has 0 spiro atoms. The molecule has 1 fully saturated rings. The molecule has 0 bridgehead atoms. The molecule has 2 aliphatic heterocycles. The molecule has 0 amide bonds. The Morgan fingerprint density at radius 1 is 1.17 bits per heavy atom. The van der Waals surface area contributed by atoms with Gasteiger partial charge in [-0.05, 0) is 45.0 Å². The van der Waals surface area contributed by atoms with Gasteiger partial charge in [0.1, 0.15) is 0 Å². The first kappa shape index (κ1) is 16.7. The van der Waals surface area contributed by atoms with Crippen LogP contribution in [0.4, 0.5) is 11.4 Å². The van der Waals surface area contributed by atoms with Crippen molar-refractivity contribution in [2.24, 2.45) is 10.2 Å². The number of hydrogen-bond acceptors (Lipinski definition) is 6. The highest BCUT2D eigenvalue weighted by molar-refractivity contribution is 8.04. The Hall–Kier alpha value is -1.14. The molecule has 2 aliphatic rings. The molecular formula is C17H24N4S2. The molecule has 1 saturated heterocycles. The van der Waals surface area contributed by atoms with E-state index >= 15 is 0 Å². The van der Waals surface area contributed by atoms with Crippen molar-refractivity contribution in [3.63, 3.8) is 0 Å². The van der Waals surface area contributed by atoms with Crippen molar-refractivity contribution in [3.05, 3.63) is 35.4 Å². The van der Waals surface area contributed by atoms with Crippen LogP contribution in [0.1, 0.15) is 20.8 Å². The molecule has 4 nitrogen and oxygen atoms in total. The van der Waals surface area contributed by atoms with Gasteiger partial charge in [0.05, 0.1) is 5.69 Å². The van der Waals surface area contributed by atoms with E-state index in [1.54, 1.807) is 11.8 Å². The van der Waals surface area contributed by atoms with Gasteiger partial charge in [-0.1, -0.05) is 11.8 Å². The van der Waals surface area contributed by atoms with Crippen molar-refractivity contribution >= 4 is 34.9 Å². The van der Waals surface area contributed by atoms with Crippen molar-refractivity contribution in [2.45, 2.75) is 25.8 Å². The van der Waals surface area contributed by atoms with Crippen LogP contribution in [0.25, 0.3) is 0 Å². The number of nitrogens with zero attached hydrogens (tertiary/aromatic N) is 4. The van der Waals surface area contributed by atoms with Gasteiger partial charge in [0.25, 0.3) is 0 Å². The molecule has 1 aromatic carbocycles. The van der Waals surface area contributed by atoms with Gasteiger partial charge >= 0.3 is 0 Å². The zero-order valence-electron chi connectivity index (χ0n) is 14.0. The number of allylic oxidation sites excluding steroid dienone is 1. The van der Waals surface area contributed by atoms with Crippen LogP contribution in [0.2, 0.25) is 0 Å². The molecule has 1 atom stereocenters. The van der Waals surface area contributed by atoms with Crippen LogP contribution >= 0.6 is 23.5 Å². The Morgan fingerprint density at radius 3 is 2.52 bits per heavy atom. The van der Waals surface area contributed by atoms with Crippen molar-refractivity contribution in [2.75, 3.05) is 36.0 Å². The highest BCUT2D eigenvalue weighted by Gasteiger charge is 2.35. The first-order valence-corrected chi connectivity index (χ1v) is 10.1. The second-order valence-corrected chi connectivity index (χ2v) is 8.72. The summed E-state index contributed by atoms with van der Waals surface area (Å²) in [6.45, 7) is 9.60. The van der Waals surface area contributed by atoms with Gasteiger partial charge < -0.3 is 9.80 Å². The number of anilines is 1. The summed E-state index contributed by atoms with van der Waals surface area (Å²) in [6.07, 6.45) is 2.17. The molecule has 6 heteroatoms. The highest BCUT2D eigenvalue weighted by atomic mass is 32.2. The van der Waals surface area contributed by atoms with Gasteiger partial charge in [-0.15, -0.1) is 5.11 Å². The molecule has 0 aromatic heterocycles. The number of hydrogen-bond donors (Lipinski definition) is 0. The summed E-state index contributed by atoms with van der Waals surface area (Å²) in [5.41, 5.74) is 2.21. The average molecular weight is 349 g/mol. The third-order valence-electron chi connectivity index (χ3n) is 4.14. The first-order chi connectivity index (χ1) is 11.1. The maximum absolute atomic E-state index is 4.62. The lowest BCUT2D eigenvalue weighted by Gasteiger charge is -2.29. The Labute approximate surface area is 147 Å². The molecule has 124 valence electrons. The van der Waals surface area contributed by atoms with Crippen molar-refractivity contribution in [1.82, 2.24) is 4.90 Å². The first-order valence-electron chi connectivity index (χ1n) is 8.10. The van der Waals surface area contributed by atoms with Crippen LogP contribution in [0.3, 0.4) is 0 Å². The lowest BCUT2D eigenvalue weighted by atomic mass is 10.2. The summed E-state index contributed by atoms with van der Waals surface area (Å²) in [6, 6.07) is 8.46. The van der Waals surface area contributed by atoms with E-state index in [0.717, 1.165) is 25.3 Å². The highest BCUT2D eigenvalue weighted by Crippen LogP contribution is 2.43. The standard InChI is InChI=1S/C17H24N4S2/c1-4-21-13-14(2)23-17(21,3)19-18-15-5-7-16(8-6-15)20-9-11-22-12-10-20/h5-8,13H,4,9-12H2,1-3H3. The maximum atomic E-state index is 4.62.